The maximum atomic E-state index is 13.5. The van der Waals surface area contributed by atoms with Gasteiger partial charge in [0, 0.05) is 0 Å². The summed E-state index contributed by atoms with van der Waals surface area (Å²) in [6.07, 6.45) is 2.16. The minimum absolute atomic E-state index is 0.0609. The zero-order valence-electron chi connectivity index (χ0n) is 9.16. The van der Waals surface area contributed by atoms with Crippen LogP contribution in [-0.2, 0) is 4.79 Å². The first-order chi connectivity index (χ1) is 8.05. The summed E-state index contributed by atoms with van der Waals surface area (Å²) in [5.41, 5.74) is 5.23. The van der Waals surface area contributed by atoms with Crippen molar-refractivity contribution < 1.29 is 9.18 Å². The van der Waals surface area contributed by atoms with Crippen molar-refractivity contribution in [1.29, 1.82) is 5.26 Å². The van der Waals surface area contributed by atoms with E-state index in [-0.39, 0.29) is 17.2 Å². The average Bonchev–Trinajstić information content (AvgIpc) is 2.28. The third-order valence-corrected chi connectivity index (χ3v) is 3.04. The third-order valence-electron chi connectivity index (χ3n) is 3.04. The highest BCUT2D eigenvalue weighted by Gasteiger charge is 2.40. The highest BCUT2D eigenvalue weighted by molar-refractivity contribution is 5.98. The number of carbonyl (C=O) groups excluding carboxylic acids is 1. The lowest BCUT2D eigenvalue weighted by atomic mass is 9.77. The first kappa shape index (κ1) is 11.6. The Hall–Kier alpha value is -1.93. The van der Waals surface area contributed by atoms with Crippen molar-refractivity contribution in [2.75, 3.05) is 5.32 Å². The maximum absolute atomic E-state index is 13.5. The van der Waals surface area contributed by atoms with Crippen LogP contribution in [0.4, 0.5) is 10.1 Å². The van der Waals surface area contributed by atoms with E-state index in [0.29, 0.717) is 12.8 Å². The SMILES string of the molecule is N#Cc1ccc(NC(=O)C2(N)CCC2)c(F)c1. The van der Waals surface area contributed by atoms with E-state index in [9.17, 15) is 9.18 Å². The summed E-state index contributed by atoms with van der Waals surface area (Å²) < 4.78 is 13.5. The normalized spacial score (nSPS) is 16.8. The topological polar surface area (TPSA) is 78.9 Å². The highest BCUT2D eigenvalue weighted by Crippen LogP contribution is 2.30. The summed E-state index contributed by atoms with van der Waals surface area (Å²) in [5.74, 6) is -0.993. The first-order valence-corrected chi connectivity index (χ1v) is 5.35. The van der Waals surface area contributed by atoms with Gasteiger partial charge in [-0.25, -0.2) is 4.39 Å². The van der Waals surface area contributed by atoms with Crippen LogP contribution < -0.4 is 11.1 Å². The largest absolute Gasteiger partial charge is 0.322 e. The molecule has 4 nitrogen and oxygen atoms in total. The Morgan fingerprint density at radius 1 is 1.53 bits per heavy atom. The maximum Gasteiger partial charge on any atom is 0.244 e. The number of carbonyl (C=O) groups is 1. The van der Waals surface area contributed by atoms with Gasteiger partial charge in [-0.05, 0) is 37.5 Å². The summed E-state index contributed by atoms with van der Waals surface area (Å²) in [5, 5.41) is 11.0. The molecule has 0 spiro atoms. The molecule has 1 aliphatic carbocycles. The molecule has 1 aromatic carbocycles. The van der Waals surface area contributed by atoms with Crippen LogP contribution in [0.25, 0.3) is 0 Å². The van der Waals surface area contributed by atoms with Crippen LogP contribution in [-0.4, -0.2) is 11.4 Å². The van der Waals surface area contributed by atoms with E-state index >= 15 is 0 Å². The monoisotopic (exact) mass is 233 g/mol. The van der Waals surface area contributed by atoms with Crippen molar-refractivity contribution in [3.05, 3.63) is 29.6 Å². The molecule has 0 bridgehead atoms. The molecule has 88 valence electrons. The van der Waals surface area contributed by atoms with Crippen LogP contribution in [0.1, 0.15) is 24.8 Å². The quantitative estimate of drug-likeness (QED) is 0.812. The lowest BCUT2D eigenvalue weighted by Crippen LogP contribution is -2.56. The fraction of sp³-hybridized carbons (Fsp3) is 0.333. The Morgan fingerprint density at radius 2 is 2.24 bits per heavy atom. The van der Waals surface area contributed by atoms with Crippen LogP contribution in [0, 0.1) is 17.1 Å². The molecular formula is C12H12FN3O. The number of hydrogen-bond donors (Lipinski definition) is 2. The Morgan fingerprint density at radius 3 is 2.71 bits per heavy atom. The molecule has 3 N–H and O–H groups in total. The van der Waals surface area contributed by atoms with E-state index < -0.39 is 11.4 Å². The summed E-state index contributed by atoms with van der Waals surface area (Å²) in [7, 11) is 0. The molecule has 0 aromatic heterocycles. The second-order valence-electron chi connectivity index (χ2n) is 4.27. The Balaban J connectivity index is 2.14. The number of nitriles is 1. The second kappa shape index (κ2) is 4.15. The van der Waals surface area contributed by atoms with Crippen molar-refractivity contribution in [3.63, 3.8) is 0 Å². The van der Waals surface area contributed by atoms with Crippen molar-refractivity contribution >= 4 is 11.6 Å². The number of rotatable bonds is 2. The molecule has 1 aromatic rings. The van der Waals surface area contributed by atoms with E-state index in [2.05, 4.69) is 5.32 Å². The molecule has 17 heavy (non-hydrogen) atoms. The highest BCUT2D eigenvalue weighted by atomic mass is 19.1. The van der Waals surface area contributed by atoms with Crippen molar-refractivity contribution in [1.82, 2.24) is 0 Å². The summed E-state index contributed by atoms with van der Waals surface area (Å²) in [4.78, 5) is 11.8. The molecular weight excluding hydrogens is 221 g/mol. The van der Waals surface area contributed by atoms with Gasteiger partial charge < -0.3 is 11.1 Å². The van der Waals surface area contributed by atoms with Crippen molar-refractivity contribution in [2.24, 2.45) is 5.73 Å². The molecule has 0 aliphatic heterocycles. The van der Waals surface area contributed by atoms with Gasteiger partial charge >= 0.3 is 0 Å². The standard InChI is InChI=1S/C12H12FN3O/c13-9-6-8(7-14)2-3-10(9)16-11(17)12(15)4-1-5-12/h2-3,6H,1,4-5,15H2,(H,16,17). The molecule has 0 saturated heterocycles. The number of nitrogens with one attached hydrogen (secondary N) is 1. The van der Waals surface area contributed by atoms with Gasteiger partial charge in [0.05, 0.1) is 22.9 Å². The Labute approximate surface area is 98.2 Å². The number of nitrogens with zero attached hydrogens (tertiary/aromatic N) is 1. The molecule has 1 aliphatic rings. The minimum Gasteiger partial charge on any atom is -0.322 e. The molecule has 0 radical (unpaired) electrons. The lowest BCUT2D eigenvalue weighted by Gasteiger charge is -2.36. The van der Waals surface area contributed by atoms with E-state index in [1.54, 1.807) is 0 Å². The zero-order chi connectivity index (χ0) is 12.5. The third kappa shape index (κ3) is 2.12. The van der Waals surface area contributed by atoms with Crippen LogP contribution in [0.5, 0.6) is 0 Å². The molecule has 0 heterocycles. The number of anilines is 1. The summed E-state index contributed by atoms with van der Waals surface area (Å²) in [6, 6.07) is 5.72. The predicted octanol–water partition coefficient (Wildman–Crippen LogP) is 1.52. The summed E-state index contributed by atoms with van der Waals surface area (Å²) >= 11 is 0. The Kier molecular flexibility index (Phi) is 2.82. The number of halogens is 1. The van der Waals surface area contributed by atoms with Crippen LogP contribution in [0.15, 0.2) is 18.2 Å². The molecule has 5 heteroatoms. The van der Waals surface area contributed by atoms with Crippen molar-refractivity contribution in [2.45, 2.75) is 24.8 Å². The average molecular weight is 233 g/mol. The fourth-order valence-electron chi connectivity index (χ4n) is 1.72. The Bertz CT molecular complexity index is 503. The molecule has 1 amide bonds. The second-order valence-corrected chi connectivity index (χ2v) is 4.27. The van der Waals surface area contributed by atoms with Gasteiger partial charge in [0.1, 0.15) is 5.82 Å². The number of benzene rings is 1. The van der Waals surface area contributed by atoms with E-state index in [1.165, 1.54) is 12.1 Å². The smallest absolute Gasteiger partial charge is 0.244 e. The van der Waals surface area contributed by atoms with Crippen LogP contribution >= 0.6 is 0 Å². The number of hydrogen-bond acceptors (Lipinski definition) is 3. The zero-order valence-corrected chi connectivity index (χ0v) is 9.16. The van der Waals surface area contributed by atoms with Gasteiger partial charge in [0.2, 0.25) is 5.91 Å². The van der Waals surface area contributed by atoms with Crippen LogP contribution in [0.2, 0.25) is 0 Å². The molecule has 2 rings (SSSR count). The van der Waals surface area contributed by atoms with Gasteiger partial charge in [0.15, 0.2) is 0 Å². The van der Waals surface area contributed by atoms with Gasteiger partial charge in [0.25, 0.3) is 0 Å². The predicted molar refractivity (Wildman–Crippen MR) is 60.5 cm³/mol. The van der Waals surface area contributed by atoms with Crippen LogP contribution in [0.3, 0.4) is 0 Å². The first-order valence-electron chi connectivity index (χ1n) is 5.35. The summed E-state index contributed by atoms with van der Waals surface area (Å²) in [6.45, 7) is 0. The van der Waals surface area contributed by atoms with Gasteiger partial charge in [-0.2, -0.15) is 5.26 Å². The fourth-order valence-corrected chi connectivity index (χ4v) is 1.72. The molecule has 0 unspecified atom stereocenters. The lowest BCUT2D eigenvalue weighted by molar-refractivity contribution is -0.123. The van der Waals surface area contributed by atoms with Crippen molar-refractivity contribution in [3.8, 4) is 6.07 Å². The minimum atomic E-state index is -0.861. The van der Waals surface area contributed by atoms with E-state index in [4.69, 9.17) is 11.0 Å². The van der Waals surface area contributed by atoms with E-state index in [1.807, 2.05) is 6.07 Å². The molecule has 1 saturated carbocycles. The number of amides is 1. The van der Waals surface area contributed by atoms with E-state index in [0.717, 1.165) is 12.5 Å². The number of nitrogens with two attached hydrogens (primary N) is 1. The molecule has 1 fully saturated rings. The van der Waals surface area contributed by atoms with Gasteiger partial charge in [-0.3, -0.25) is 4.79 Å². The van der Waals surface area contributed by atoms with Gasteiger partial charge in [-0.1, -0.05) is 0 Å². The van der Waals surface area contributed by atoms with Gasteiger partial charge in [-0.15, -0.1) is 0 Å². The molecule has 0 atom stereocenters.